The summed E-state index contributed by atoms with van der Waals surface area (Å²) in [6.45, 7) is 9.61. The highest BCUT2D eigenvalue weighted by Gasteiger charge is 2.31. The number of hydrogen-bond acceptors (Lipinski definition) is 6. The van der Waals surface area contributed by atoms with E-state index < -0.39 is 6.04 Å². The molecule has 0 radical (unpaired) electrons. The van der Waals surface area contributed by atoms with Gasteiger partial charge in [-0.05, 0) is 108 Å². The van der Waals surface area contributed by atoms with Crippen molar-refractivity contribution in [1.29, 1.82) is 0 Å². The van der Waals surface area contributed by atoms with Gasteiger partial charge in [-0.3, -0.25) is 14.2 Å². The molecule has 1 aliphatic carbocycles. The molecule has 236 valence electrons. The first kappa shape index (κ1) is 31.7. The van der Waals surface area contributed by atoms with Crippen LogP contribution in [-0.4, -0.2) is 64.1 Å². The Balaban J connectivity index is 1.52. The first-order chi connectivity index (χ1) is 21.2. The fourth-order valence-corrected chi connectivity index (χ4v) is 6.25. The smallest absolute Gasteiger partial charge is 0.263 e. The third kappa shape index (κ3) is 6.83. The van der Waals surface area contributed by atoms with Crippen LogP contribution in [0.4, 0.5) is 10.2 Å². The summed E-state index contributed by atoms with van der Waals surface area (Å²) in [7, 11) is 2.17. The zero-order valence-electron chi connectivity index (χ0n) is 26.7. The number of fused-ring (bicyclic) bond motifs is 1. The number of hydrogen-bond donors (Lipinski definition) is 1. The minimum Gasteiger partial charge on any atom is -0.494 e. The first-order valence-electron chi connectivity index (χ1n) is 16.1. The third-order valence-corrected chi connectivity index (χ3v) is 9.38. The average molecular weight is 604 g/mol. The normalized spacial score (nSPS) is 16.1. The lowest BCUT2D eigenvalue weighted by Gasteiger charge is -2.40. The largest absolute Gasteiger partial charge is 0.494 e. The molecule has 44 heavy (non-hydrogen) atoms. The maximum Gasteiger partial charge on any atom is 0.263 e. The summed E-state index contributed by atoms with van der Waals surface area (Å²) in [4.78, 5) is 37.5. The Morgan fingerprint density at radius 2 is 1.91 bits per heavy atom. The maximum absolute atomic E-state index is 14.1. The van der Waals surface area contributed by atoms with Gasteiger partial charge >= 0.3 is 0 Å². The molecule has 3 aromatic rings. The molecule has 1 aliphatic heterocycles. The van der Waals surface area contributed by atoms with E-state index in [1.165, 1.54) is 25.3 Å². The van der Waals surface area contributed by atoms with Crippen LogP contribution in [0.2, 0.25) is 0 Å². The zero-order chi connectivity index (χ0) is 31.4. The van der Waals surface area contributed by atoms with Crippen LogP contribution in [0, 0.1) is 12.7 Å². The fourth-order valence-electron chi connectivity index (χ4n) is 6.25. The van der Waals surface area contributed by atoms with E-state index in [1.54, 1.807) is 23.6 Å². The van der Waals surface area contributed by atoms with E-state index in [2.05, 4.69) is 24.2 Å². The monoisotopic (exact) mass is 603 g/mol. The SMILES string of the molecule is CCOc1ccc(-n2c([C@@H](C)N(CCC(C)N(C)C3CCC3)C(=O)Cc3ccc(F)c(C)c3)nc3c(c2=O)CCCN3)cc1. The fraction of sp³-hybridized carbons (Fsp3) is 0.514. The number of nitrogens with one attached hydrogen (secondary N) is 1. The van der Waals surface area contributed by atoms with Gasteiger partial charge in [0.15, 0.2) is 0 Å². The number of aryl methyl sites for hydroxylation is 1. The summed E-state index contributed by atoms with van der Waals surface area (Å²) in [5.41, 5.74) is 2.50. The third-order valence-electron chi connectivity index (χ3n) is 9.38. The van der Waals surface area contributed by atoms with Crippen LogP contribution in [0.5, 0.6) is 5.75 Å². The van der Waals surface area contributed by atoms with Crippen LogP contribution in [-0.2, 0) is 17.6 Å². The lowest BCUT2D eigenvalue weighted by atomic mass is 9.90. The first-order valence-corrected chi connectivity index (χ1v) is 16.1. The van der Waals surface area contributed by atoms with Crippen molar-refractivity contribution in [2.75, 3.05) is 32.1 Å². The summed E-state index contributed by atoms with van der Waals surface area (Å²) in [5, 5.41) is 3.32. The number of nitrogens with zero attached hydrogens (tertiary/aromatic N) is 4. The van der Waals surface area contributed by atoms with Crippen molar-refractivity contribution in [3.63, 3.8) is 0 Å². The highest BCUT2D eigenvalue weighted by molar-refractivity contribution is 5.79. The molecule has 1 N–H and O–H groups in total. The Hall–Kier alpha value is -3.72. The summed E-state index contributed by atoms with van der Waals surface area (Å²) >= 11 is 0. The summed E-state index contributed by atoms with van der Waals surface area (Å²) in [6.07, 6.45) is 6.11. The Bertz CT molecular complexity index is 1520. The van der Waals surface area contributed by atoms with Gasteiger partial charge in [-0.1, -0.05) is 18.6 Å². The molecule has 0 bridgehead atoms. The molecule has 0 spiro atoms. The molecule has 0 saturated heterocycles. The van der Waals surface area contributed by atoms with Crippen LogP contribution in [0.25, 0.3) is 5.69 Å². The van der Waals surface area contributed by atoms with Gasteiger partial charge in [0, 0.05) is 25.2 Å². The minimum absolute atomic E-state index is 0.0832. The molecule has 1 unspecified atom stereocenters. The number of carbonyl (C=O) groups excluding carboxylic acids is 1. The molecule has 8 nitrogen and oxygen atoms in total. The lowest BCUT2D eigenvalue weighted by Crippen LogP contribution is -2.45. The lowest BCUT2D eigenvalue weighted by molar-refractivity contribution is -0.133. The van der Waals surface area contributed by atoms with E-state index in [0.29, 0.717) is 54.1 Å². The minimum atomic E-state index is -0.501. The number of rotatable bonds is 12. The zero-order valence-corrected chi connectivity index (χ0v) is 26.7. The summed E-state index contributed by atoms with van der Waals surface area (Å²) < 4.78 is 21.3. The number of carbonyl (C=O) groups is 1. The number of ether oxygens (including phenoxy) is 1. The van der Waals surface area contributed by atoms with Gasteiger partial charge < -0.3 is 19.9 Å². The average Bonchev–Trinajstić information content (AvgIpc) is 2.98. The number of halogens is 1. The maximum atomic E-state index is 14.1. The Morgan fingerprint density at radius 1 is 1.16 bits per heavy atom. The molecule has 2 atom stereocenters. The second-order valence-corrected chi connectivity index (χ2v) is 12.3. The molecular weight excluding hydrogens is 557 g/mol. The predicted octanol–water partition coefficient (Wildman–Crippen LogP) is 5.83. The molecule has 9 heteroatoms. The number of amides is 1. The van der Waals surface area contributed by atoms with Gasteiger partial charge in [0.1, 0.15) is 23.2 Å². The van der Waals surface area contributed by atoms with Crippen molar-refractivity contribution >= 4 is 11.7 Å². The van der Waals surface area contributed by atoms with Crippen LogP contribution in [0.15, 0.2) is 47.3 Å². The second kappa shape index (κ2) is 13.9. The number of benzene rings is 2. The van der Waals surface area contributed by atoms with E-state index in [9.17, 15) is 14.0 Å². The van der Waals surface area contributed by atoms with Crippen molar-refractivity contribution in [3.8, 4) is 11.4 Å². The van der Waals surface area contributed by atoms with Crippen LogP contribution in [0.1, 0.15) is 81.4 Å². The molecule has 2 aliphatic rings. The Morgan fingerprint density at radius 3 is 2.57 bits per heavy atom. The van der Waals surface area contributed by atoms with Crippen LogP contribution < -0.4 is 15.6 Å². The van der Waals surface area contributed by atoms with E-state index >= 15 is 0 Å². The molecule has 1 saturated carbocycles. The summed E-state index contributed by atoms with van der Waals surface area (Å²) in [6, 6.07) is 12.7. The van der Waals surface area contributed by atoms with Gasteiger partial charge in [-0.2, -0.15) is 0 Å². The van der Waals surface area contributed by atoms with Crippen LogP contribution in [0.3, 0.4) is 0 Å². The van der Waals surface area contributed by atoms with Crippen molar-refractivity contribution in [1.82, 2.24) is 19.4 Å². The topological polar surface area (TPSA) is 79.7 Å². The standard InChI is InChI=1S/C35H46FN5O3/c1-6-44-29-15-13-28(14-16-29)41-34(38-33-30(35(41)43)11-8-19-37-33)25(4)40(20-18-24(3)39(5)27-9-7-10-27)32(42)22-26-12-17-31(36)23(2)21-26/h12-17,21,24-25,27,37H,6-11,18-20,22H2,1-5H3/t24?,25-/m1/s1. The van der Waals surface area contributed by atoms with Crippen molar-refractivity contribution in [3.05, 3.63) is 81.2 Å². The highest BCUT2D eigenvalue weighted by atomic mass is 19.1. The van der Waals surface area contributed by atoms with Gasteiger partial charge in [-0.15, -0.1) is 0 Å². The number of aromatic nitrogens is 2. The molecule has 2 heterocycles. The van der Waals surface area contributed by atoms with E-state index in [1.807, 2.05) is 43.0 Å². The molecule has 1 fully saturated rings. The van der Waals surface area contributed by atoms with E-state index in [4.69, 9.17) is 9.72 Å². The van der Waals surface area contributed by atoms with Crippen LogP contribution >= 0.6 is 0 Å². The van der Waals surface area contributed by atoms with Gasteiger partial charge in [-0.25, -0.2) is 9.37 Å². The van der Waals surface area contributed by atoms with Gasteiger partial charge in [0.05, 0.1) is 30.3 Å². The molecule has 1 amide bonds. The van der Waals surface area contributed by atoms with E-state index in [0.717, 1.165) is 30.7 Å². The Kier molecular flexibility index (Phi) is 10.0. The van der Waals surface area contributed by atoms with E-state index in [-0.39, 0.29) is 29.7 Å². The van der Waals surface area contributed by atoms with Crippen molar-refractivity contribution in [2.45, 2.75) is 90.8 Å². The predicted molar refractivity (Wildman–Crippen MR) is 172 cm³/mol. The van der Waals surface area contributed by atoms with Gasteiger partial charge in [0.25, 0.3) is 5.56 Å². The quantitative estimate of drug-likeness (QED) is 0.281. The number of anilines is 1. The Labute approximate surface area is 260 Å². The second-order valence-electron chi connectivity index (χ2n) is 12.3. The molecule has 1 aromatic heterocycles. The molecule has 2 aromatic carbocycles. The van der Waals surface area contributed by atoms with Gasteiger partial charge in [0.2, 0.25) is 5.91 Å². The molecular formula is C35H46FN5O3. The van der Waals surface area contributed by atoms with Crippen molar-refractivity contribution in [2.24, 2.45) is 0 Å². The van der Waals surface area contributed by atoms with Crippen molar-refractivity contribution < 1.29 is 13.9 Å². The highest BCUT2D eigenvalue weighted by Crippen LogP contribution is 2.29. The summed E-state index contributed by atoms with van der Waals surface area (Å²) in [5.74, 6) is 1.47. The molecule has 5 rings (SSSR count).